The number of fused-ring (bicyclic) bond motifs is 1. The first-order valence-corrected chi connectivity index (χ1v) is 10.1. The molecule has 0 aliphatic heterocycles. The molecule has 0 aliphatic rings. The van der Waals surface area contributed by atoms with Crippen molar-refractivity contribution < 1.29 is 4.79 Å². The zero-order valence-corrected chi connectivity index (χ0v) is 16.8. The first-order chi connectivity index (χ1) is 13.7. The molecule has 1 aromatic heterocycles. The molecular formula is C24H29N3O. The maximum Gasteiger partial charge on any atom is 0.255 e. The summed E-state index contributed by atoms with van der Waals surface area (Å²) in [7, 11) is 2.11. The summed E-state index contributed by atoms with van der Waals surface area (Å²) in [5, 5.41) is 3.95. The van der Waals surface area contributed by atoms with Crippen molar-refractivity contribution >= 4 is 28.2 Å². The number of unbranched alkanes of at least 4 members (excludes halogenated alkanes) is 4. The second-order valence-corrected chi connectivity index (χ2v) is 7.25. The Morgan fingerprint density at radius 3 is 2.54 bits per heavy atom. The normalized spacial score (nSPS) is 10.8. The molecule has 0 saturated heterocycles. The van der Waals surface area contributed by atoms with Crippen LogP contribution in [0.5, 0.6) is 0 Å². The molecule has 1 N–H and O–H groups in total. The third-order valence-electron chi connectivity index (χ3n) is 5.02. The lowest BCUT2D eigenvalue weighted by atomic mass is 10.1. The van der Waals surface area contributed by atoms with Gasteiger partial charge in [0.05, 0.1) is 17.4 Å². The number of benzene rings is 2. The Morgan fingerprint density at radius 2 is 1.75 bits per heavy atom. The number of amides is 1. The highest BCUT2D eigenvalue weighted by atomic mass is 16.1. The van der Waals surface area contributed by atoms with E-state index in [9.17, 15) is 4.79 Å². The molecule has 0 bridgehead atoms. The standard InChI is InChI=1S/C24H29N3O/c1-3-4-5-6-9-16-27(2)22-14-12-19(13-15-22)24(28)26-21-17-20-10-7-8-11-23(20)25-18-21/h7-8,10-15,17-18H,3-6,9,16H2,1-2H3,(H,26,28). The number of aromatic nitrogens is 1. The van der Waals surface area contributed by atoms with Gasteiger partial charge in [-0.15, -0.1) is 0 Å². The number of rotatable bonds is 9. The minimum atomic E-state index is -0.120. The Balaban J connectivity index is 1.56. The van der Waals surface area contributed by atoms with E-state index in [1.165, 1.54) is 32.1 Å². The molecule has 0 fully saturated rings. The van der Waals surface area contributed by atoms with E-state index in [1.54, 1.807) is 6.20 Å². The molecule has 0 spiro atoms. The molecule has 28 heavy (non-hydrogen) atoms. The summed E-state index contributed by atoms with van der Waals surface area (Å²) in [6.45, 7) is 3.28. The SMILES string of the molecule is CCCCCCCN(C)c1ccc(C(=O)Nc2cnc3ccccc3c2)cc1. The van der Waals surface area contributed by atoms with Gasteiger partial charge in [-0.2, -0.15) is 0 Å². The van der Waals surface area contributed by atoms with Crippen molar-refractivity contribution in [3.8, 4) is 0 Å². The third-order valence-corrected chi connectivity index (χ3v) is 5.02. The lowest BCUT2D eigenvalue weighted by molar-refractivity contribution is 0.102. The lowest BCUT2D eigenvalue weighted by Gasteiger charge is -2.19. The summed E-state index contributed by atoms with van der Waals surface area (Å²) in [4.78, 5) is 19.2. The largest absolute Gasteiger partial charge is 0.375 e. The Labute approximate surface area is 167 Å². The van der Waals surface area contributed by atoms with Crippen molar-refractivity contribution in [1.29, 1.82) is 0 Å². The summed E-state index contributed by atoms with van der Waals surface area (Å²) in [5.41, 5.74) is 3.41. The first-order valence-electron chi connectivity index (χ1n) is 10.1. The molecule has 146 valence electrons. The third kappa shape index (κ3) is 5.32. The van der Waals surface area contributed by atoms with E-state index in [4.69, 9.17) is 0 Å². The van der Waals surface area contributed by atoms with Crippen LogP contribution in [-0.4, -0.2) is 24.5 Å². The molecule has 4 nitrogen and oxygen atoms in total. The highest BCUT2D eigenvalue weighted by molar-refractivity contribution is 6.05. The van der Waals surface area contributed by atoms with Gasteiger partial charge in [0, 0.05) is 30.2 Å². The molecule has 2 aromatic carbocycles. The Hall–Kier alpha value is -2.88. The quantitative estimate of drug-likeness (QED) is 0.474. The van der Waals surface area contributed by atoms with Crippen LogP contribution in [0.2, 0.25) is 0 Å². The van der Waals surface area contributed by atoms with Gasteiger partial charge < -0.3 is 10.2 Å². The molecule has 1 amide bonds. The van der Waals surface area contributed by atoms with Gasteiger partial charge >= 0.3 is 0 Å². The predicted octanol–water partition coefficient (Wildman–Crippen LogP) is 5.89. The minimum Gasteiger partial charge on any atom is -0.375 e. The highest BCUT2D eigenvalue weighted by Gasteiger charge is 2.08. The van der Waals surface area contributed by atoms with Gasteiger partial charge in [-0.1, -0.05) is 50.8 Å². The molecule has 0 saturated carbocycles. The average Bonchev–Trinajstić information content (AvgIpc) is 2.73. The minimum absolute atomic E-state index is 0.120. The van der Waals surface area contributed by atoms with Crippen molar-refractivity contribution in [3.63, 3.8) is 0 Å². The number of hydrogen-bond donors (Lipinski definition) is 1. The molecule has 0 radical (unpaired) electrons. The topological polar surface area (TPSA) is 45.2 Å². The molecule has 4 heteroatoms. The van der Waals surface area contributed by atoms with E-state index in [2.05, 4.69) is 29.2 Å². The van der Waals surface area contributed by atoms with Crippen molar-refractivity contribution in [2.24, 2.45) is 0 Å². The van der Waals surface area contributed by atoms with Crippen molar-refractivity contribution in [2.45, 2.75) is 39.0 Å². The number of hydrogen-bond acceptors (Lipinski definition) is 3. The molecule has 1 heterocycles. The Bertz CT molecular complexity index is 905. The van der Waals surface area contributed by atoms with Crippen molar-refractivity contribution in [1.82, 2.24) is 4.98 Å². The van der Waals surface area contributed by atoms with Crippen LogP contribution in [0.15, 0.2) is 60.8 Å². The van der Waals surface area contributed by atoms with Gasteiger partial charge in [0.1, 0.15) is 0 Å². The van der Waals surface area contributed by atoms with Gasteiger partial charge in [-0.05, 0) is 42.8 Å². The molecule has 0 aliphatic carbocycles. The number of pyridine rings is 1. The Morgan fingerprint density at radius 1 is 1.00 bits per heavy atom. The molecular weight excluding hydrogens is 346 g/mol. The van der Waals surface area contributed by atoms with Gasteiger partial charge in [0.2, 0.25) is 0 Å². The number of para-hydroxylation sites is 1. The number of anilines is 2. The van der Waals surface area contributed by atoms with Crippen LogP contribution in [0.25, 0.3) is 10.9 Å². The van der Waals surface area contributed by atoms with E-state index < -0.39 is 0 Å². The van der Waals surface area contributed by atoms with Crippen LogP contribution in [-0.2, 0) is 0 Å². The van der Waals surface area contributed by atoms with Gasteiger partial charge in [-0.25, -0.2) is 0 Å². The second kappa shape index (κ2) is 9.88. The van der Waals surface area contributed by atoms with Crippen molar-refractivity contribution in [2.75, 3.05) is 23.8 Å². The van der Waals surface area contributed by atoms with Crippen LogP contribution in [0, 0.1) is 0 Å². The first kappa shape index (κ1) is 19.9. The van der Waals surface area contributed by atoms with Crippen LogP contribution in [0.3, 0.4) is 0 Å². The molecule has 3 rings (SSSR count). The monoisotopic (exact) mass is 375 g/mol. The fourth-order valence-electron chi connectivity index (χ4n) is 3.29. The van der Waals surface area contributed by atoms with Gasteiger partial charge in [0.15, 0.2) is 0 Å². The fourth-order valence-corrected chi connectivity index (χ4v) is 3.29. The van der Waals surface area contributed by atoms with E-state index in [-0.39, 0.29) is 5.91 Å². The summed E-state index contributed by atoms with van der Waals surface area (Å²) < 4.78 is 0. The molecule has 3 aromatic rings. The van der Waals surface area contributed by atoms with Crippen molar-refractivity contribution in [3.05, 3.63) is 66.4 Å². The summed E-state index contributed by atoms with van der Waals surface area (Å²) in [6, 6.07) is 17.6. The summed E-state index contributed by atoms with van der Waals surface area (Å²) >= 11 is 0. The maximum absolute atomic E-state index is 12.6. The van der Waals surface area contributed by atoms with E-state index in [0.717, 1.165) is 23.1 Å². The van der Waals surface area contributed by atoms with E-state index in [1.807, 2.05) is 54.6 Å². The summed E-state index contributed by atoms with van der Waals surface area (Å²) in [5.74, 6) is -0.120. The molecule has 0 atom stereocenters. The fraction of sp³-hybridized carbons (Fsp3) is 0.333. The van der Waals surface area contributed by atoms with E-state index in [0.29, 0.717) is 11.3 Å². The van der Waals surface area contributed by atoms with Crippen LogP contribution in [0.4, 0.5) is 11.4 Å². The predicted molar refractivity (Wildman–Crippen MR) is 118 cm³/mol. The van der Waals surface area contributed by atoms with Crippen LogP contribution >= 0.6 is 0 Å². The average molecular weight is 376 g/mol. The zero-order chi connectivity index (χ0) is 19.8. The smallest absolute Gasteiger partial charge is 0.255 e. The number of nitrogens with zero attached hydrogens (tertiary/aromatic N) is 2. The zero-order valence-electron chi connectivity index (χ0n) is 16.8. The van der Waals surface area contributed by atoms with Gasteiger partial charge in [0.25, 0.3) is 5.91 Å². The lowest BCUT2D eigenvalue weighted by Crippen LogP contribution is -2.18. The number of carbonyl (C=O) groups is 1. The van der Waals surface area contributed by atoms with Crippen LogP contribution in [0.1, 0.15) is 49.4 Å². The molecule has 0 unspecified atom stereocenters. The maximum atomic E-state index is 12.6. The number of nitrogens with one attached hydrogen (secondary N) is 1. The Kier molecular flexibility index (Phi) is 7.01. The number of carbonyl (C=O) groups excluding carboxylic acids is 1. The summed E-state index contributed by atoms with van der Waals surface area (Å²) in [6.07, 6.45) is 8.08. The van der Waals surface area contributed by atoms with Gasteiger partial charge in [-0.3, -0.25) is 9.78 Å². The second-order valence-electron chi connectivity index (χ2n) is 7.25. The van der Waals surface area contributed by atoms with E-state index >= 15 is 0 Å². The highest BCUT2D eigenvalue weighted by Crippen LogP contribution is 2.19. The van der Waals surface area contributed by atoms with Crippen LogP contribution < -0.4 is 10.2 Å².